The lowest BCUT2D eigenvalue weighted by Gasteiger charge is -2.34. The highest BCUT2D eigenvalue weighted by Crippen LogP contribution is 2.19. The Morgan fingerprint density at radius 3 is 2.31 bits per heavy atom. The highest BCUT2D eigenvalue weighted by molar-refractivity contribution is 14.0. The number of hydrogen-bond acceptors (Lipinski definition) is 4. The first-order chi connectivity index (χ1) is 12.2. The lowest BCUT2D eigenvalue weighted by Crippen LogP contribution is -2.49. The maximum Gasteiger partial charge on any atom is 0.191 e. The minimum Gasteiger partial charge on any atom is -0.356 e. The molecule has 0 bridgehead atoms. The van der Waals surface area contributed by atoms with Crippen molar-refractivity contribution in [1.82, 2.24) is 20.4 Å². The second kappa shape index (κ2) is 13.9. The predicted molar refractivity (Wildman–Crippen MR) is 126 cm³/mol. The molecule has 8 heteroatoms. The molecule has 1 saturated heterocycles. The van der Waals surface area contributed by atoms with Gasteiger partial charge in [0, 0.05) is 68.5 Å². The first kappa shape index (κ1) is 23.8. The molecule has 0 radical (unpaired) electrons. The standard InChI is InChI=1S/C18H30ClN5S.HI/c1-3-23-11-13-24(14-12-23)10-8-21-18(20-2)22-9-15-25-17-6-4-16(19)5-7-17;/h4-7H,3,8-15H2,1-2H3,(H2,20,21,22);1H. The number of rotatable bonds is 8. The van der Waals surface area contributed by atoms with Gasteiger partial charge in [-0.15, -0.1) is 35.7 Å². The third-order valence-electron chi connectivity index (χ3n) is 4.33. The van der Waals surface area contributed by atoms with Gasteiger partial charge in [0.25, 0.3) is 0 Å². The second-order valence-electron chi connectivity index (χ2n) is 6.00. The SMILES string of the molecule is CCN1CCN(CCNC(=NC)NCCSc2ccc(Cl)cc2)CC1.I. The largest absolute Gasteiger partial charge is 0.356 e. The molecule has 1 aliphatic heterocycles. The second-order valence-corrected chi connectivity index (χ2v) is 7.61. The van der Waals surface area contributed by atoms with E-state index in [-0.39, 0.29) is 24.0 Å². The Balaban J connectivity index is 0.00000338. The number of thioether (sulfide) groups is 1. The summed E-state index contributed by atoms with van der Waals surface area (Å²) >= 11 is 7.71. The summed E-state index contributed by atoms with van der Waals surface area (Å²) in [6.45, 7) is 11.0. The number of nitrogens with one attached hydrogen (secondary N) is 2. The highest BCUT2D eigenvalue weighted by Gasteiger charge is 2.14. The molecule has 0 amide bonds. The van der Waals surface area contributed by atoms with Crippen LogP contribution in [0.3, 0.4) is 0 Å². The molecule has 148 valence electrons. The van der Waals surface area contributed by atoms with E-state index in [1.807, 2.05) is 30.9 Å². The number of guanidine groups is 1. The lowest BCUT2D eigenvalue weighted by molar-refractivity contribution is 0.139. The molecule has 2 rings (SSSR count). The van der Waals surface area contributed by atoms with Crippen LogP contribution in [0.2, 0.25) is 5.02 Å². The van der Waals surface area contributed by atoms with Gasteiger partial charge in [0.1, 0.15) is 0 Å². The summed E-state index contributed by atoms with van der Waals surface area (Å²) < 4.78 is 0. The van der Waals surface area contributed by atoms with Crippen LogP contribution in [0.25, 0.3) is 0 Å². The Hall–Kier alpha value is -0.220. The summed E-state index contributed by atoms with van der Waals surface area (Å²) in [5, 5.41) is 7.56. The zero-order chi connectivity index (χ0) is 17.9. The molecule has 0 spiro atoms. The van der Waals surface area contributed by atoms with E-state index in [9.17, 15) is 0 Å². The molecule has 0 saturated carbocycles. The Morgan fingerprint density at radius 1 is 1.08 bits per heavy atom. The molecule has 5 nitrogen and oxygen atoms in total. The van der Waals surface area contributed by atoms with Gasteiger partial charge in [0.05, 0.1) is 0 Å². The Labute approximate surface area is 184 Å². The first-order valence-electron chi connectivity index (χ1n) is 8.99. The molecule has 26 heavy (non-hydrogen) atoms. The van der Waals surface area contributed by atoms with E-state index in [1.165, 1.54) is 31.1 Å². The summed E-state index contributed by atoms with van der Waals surface area (Å²) in [7, 11) is 1.82. The Morgan fingerprint density at radius 2 is 1.69 bits per heavy atom. The van der Waals surface area contributed by atoms with Crippen LogP contribution >= 0.6 is 47.3 Å². The maximum atomic E-state index is 5.90. The first-order valence-corrected chi connectivity index (χ1v) is 10.3. The van der Waals surface area contributed by atoms with Gasteiger partial charge >= 0.3 is 0 Å². The number of nitrogens with zero attached hydrogens (tertiary/aromatic N) is 3. The van der Waals surface area contributed by atoms with E-state index in [0.717, 1.165) is 42.9 Å². The van der Waals surface area contributed by atoms with Gasteiger partial charge in [-0.25, -0.2) is 0 Å². The number of likely N-dealkylation sites (N-methyl/N-ethyl adjacent to an activating group) is 1. The lowest BCUT2D eigenvalue weighted by atomic mass is 10.3. The molecule has 1 fully saturated rings. The normalized spacial score (nSPS) is 16.2. The summed E-state index contributed by atoms with van der Waals surface area (Å²) in [5.41, 5.74) is 0. The third kappa shape index (κ3) is 9.12. The van der Waals surface area contributed by atoms with E-state index in [1.54, 1.807) is 0 Å². The van der Waals surface area contributed by atoms with Crippen molar-refractivity contribution in [1.29, 1.82) is 0 Å². The van der Waals surface area contributed by atoms with E-state index in [4.69, 9.17) is 11.6 Å². The average Bonchev–Trinajstić information content (AvgIpc) is 2.65. The van der Waals surface area contributed by atoms with Crippen LogP contribution in [-0.2, 0) is 0 Å². The average molecular weight is 512 g/mol. The monoisotopic (exact) mass is 511 g/mol. The molecule has 0 aliphatic carbocycles. The quantitative estimate of drug-likeness (QED) is 0.185. The van der Waals surface area contributed by atoms with Crippen LogP contribution in [0.1, 0.15) is 6.92 Å². The van der Waals surface area contributed by atoms with Crippen molar-refractivity contribution in [2.24, 2.45) is 4.99 Å². The zero-order valence-corrected chi connectivity index (χ0v) is 19.6. The van der Waals surface area contributed by atoms with Gasteiger partial charge < -0.3 is 15.5 Å². The molecule has 1 aliphatic rings. The van der Waals surface area contributed by atoms with Gasteiger partial charge in [-0.05, 0) is 30.8 Å². The Bertz CT molecular complexity index is 521. The third-order valence-corrected chi connectivity index (χ3v) is 5.60. The van der Waals surface area contributed by atoms with E-state index in [0.29, 0.717) is 0 Å². The van der Waals surface area contributed by atoms with Crippen molar-refractivity contribution in [2.45, 2.75) is 11.8 Å². The molecular formula is C18H31ClIN5S. The fourth-order valence-corrected chi connectivity index (χ4v) is 3.65. The predicted octanol–water partition coefficient (Wildman–Crippen LogP) is 2.85. The summed E-state index contributed by atoms with van der Waals surface area (Å²) in [6, 6.07) is 7.97. The minimum absolute atomic E-state index is 0. The van der Waals surface area contributed by atoms with Gasteiger partial charge in [-0.2, -0.15) is 0 Å². The van der Waals surface area contributed by atoms with E-state index >= 15 is 0 Å². The van der Waals surface area contributed by atoms with E-state index in [2.05, 4.69) is 44.5 Å². The van der Waals surface area contributed by atoms with Crippen LogP contribution in [0.4, 0.5) is 0 Å². The van der Waals surface area contributed by atoms with Gasteiger partial charge in [-0.1, -0.05) is 18.5 Å². The molecule has 0 unspecified atom stereocenters. The molecule has 1 heterocycles. The fourth-order valence-electron chi connectivity index (χ4n) is 2.75. The minimum atomic E-state index is 0. The van der Waals surface area contributed by atoms with Crippen LogP contribution in [0, 0.1) is 0 Å². The smallest absolute Gasteiger partial charge is 0.191 e. The molecule has 2 N–H and O–H groups in total. The number of aliphatic imine (C=N–C) groups is 1. The van der Waals surface area contributed by atoms with Crippen molar-refractivity contribution in [3.63, 3.8) is 0 Å². The van der Waals surface area contributed by atoms with Crippen molar-refractivity contribution < 1.29 is 0 Å². The molecule has 0 aromatic heterocycles. The highest BCUT2D eigenvalue weighted by atomic mass is 127. The summed E-state index contributed by atoms with van der Waals surface area (Å²) in [6.07, 6.45) is 0. The number of halogens is 2. The summed E-state index contributed by atoms with van der Waals surface area (Å²) in [5.74, 6) is 1.87. The van der Waals surface area contributed by atoms with Crippen LogP contribution in [0.5, 0.6) is 0 Å². The van der Waals surface area contributed by atoms with Gasteiger partial charge in [0.15, 0.2) is 5.96 Å². The van der Waals surface area contributed by atoms with Crippen molar-refractivity contribution >= 4 is 53.3 Å². The van der Waals surface area contributed by atoms with Crippen molar-refractivity contribution in [3.05, 3.63) is 29.3 Å². The number of hydrogen-bond donors (Lipinski definition) is 2. The number of piperazine rings is 1. The molecule has 0 atom stereocenters. The van der Waals surface area contributed by atoms with Crippen LogP contribution < -0.4 is 10.6 Å². The Kier molecular flexibility index (Phi) is 12.7. The summed E-state index contributed by atoms with van der Waals surface area (Å²) in [4.78, 5) is 10.5. The van der Waals surface area contributed by atoms with Gasteiger partial charge in [-0.3, -0.25) is 9.89 Å². The van der Waals surface area contributed by atoms with Gasteiger partial charge in [0.2, 0.25) is 0 Å². The fraction of sp³-hybridized carbons (Fsp3) is 0.611. The zero-order valence-electron chi connectivity index (χ0n) is 15.7. The topological polar surface area (TPSA) is 42.9 Å². The maximum absolute atomic E-state index is 5.90. The van der Waals surface area contributed by atoms with E-state index < -0.39 is 0 Å². The van der Waals surface area contributed by atoms with Crippen molar-refractivity contribution in [2.75, 3.05) is 65.2 Å². The molecule has 1 aromatic carbocycles. The molecular weight excluding hydrogens is 481 g/mol. The van der Waals surface area contributed by atoms with Crippen molar-refractivity contribution in [3.8, 4) is 0 Å². The molecule has 1 aromatic rings. The van der Waals surface area contributed by atoms with Crippen LogP contribution in [-0.4, -0.2) is 80.9 Å². The van der Waals surface area contributed by atoms with Crippen LogP contribution in [0.15, 0.2) is 34.2 Å². The number of benzene rings is 1.